The first-order valence-electron chi connectivity index (χ1n) is 9.03. The van der Waals surface area contributed by atoms with Crippen molar-refractivity contribution in [3.8, 4) is 0 Å². The third-order valence-corrected chi connectivity index (χ3v) is 6.34. The number of thiazole rings is 1. The van der Waals surface area contributed by atoms with Gasteiger partial charge < -0.3 is 9.80 Å². The fourth-order valence-corrected chi connectivity index (χ4v) is 5.22. The Morgan fingerprint density at radius 3 is 2.75 bits per heavy atom. The largest absolute Gasteiger partial charge is 0.347 e. The number of carbonyl (C=O) groups excluding carboxylic acids is 1. The molecule has 2 fully saturated rings. The van der Waals surface area contributed by atoms with Crippen LogP contribution in [0.3, 0.4) is 0 Å². The van der Waals surface area contributed by atoms with Gasteiger partial charge in [-0.1, -0.05) is 17.4 Å². The molecule has 2 saturated heterocycles. The minimum atomic E-state index is 0.145. The van der Waals surface area contributed by atoms with Crippen LogP contribution in [0, 0.1) is 19.8 Å². The van der Waals surface area contributed by atoms with Crippen LogP contribution in [0.5, 0.6) is 0 Å². The summed E-state index contributed by atoms with van der Waals surface area (Å²) in [7, 11) is 0. The summed E-state index contributed by atoms with van der Waals surface area (Å²) in [6, 6.07) is 4.42. The Morgan fingerprint density at radius 1 is 1.17 bits per heavy atom. The number of carbonyl (C=O) groups is 1. The summed E-state index contributed by atoms with van der Waals surface area (Å²) in [5, 5.41) is 1.08. The zero-order valence-corrected chi connectivity index (χ0v) is 15.4. The summed E-state index contributed by atoms with van der Waals surface area (Å²) in [5.41, 5.74) is 3.65. The van der Waals surface area contributed by atoms with Crippen LogP contribution in [0.15, 0.2) is 12.1 Å². The summed E-state index contributed by atoms with van der Waals surface area (Å²) in [5.74, 6) is 0.511. The van der Waals surface area contributed by atoms with E-state index in [0.717, 1.165) is 49.7 Å². The van der Waals surface area contributed by atoms with Crippen LogP contribution in [0.4, 0.5) is 5.13 Å². The van der Waals surface area contributed by atoms with E-state index in [-0.39, 0.29) is 5.92 Å². The number of hydrogen-bond acceptors (Lipinski definition) is 4. The molecule has 1 unspecified atom stereocenters. The molecule has 1 aromatic carbocycles. The summed E-state index contributed by atoms with van der Waals surface area (Å²) in [6.45, 7) is 8.02. The molecule has 3 heterocycles. The number of rotatable bonds is 2. The summed E-state index contributed by atoms with van der Waals surface area (Å²) >= 11 is 1.77. The molecule has 128 valence electrons. The van der Waals surface area contributed by atoms with Crippen LogP contribution in [-0.2, 0) is 4.79 Å². The molecule has 1 aromatic heterocycles. The Kier molecular flexibility index (Phi) is 4.21. The molecule has 0 bridgehead atoms. The number of aromatic nitrogens is 1. The van der Waals surface area contributed by atoms with Crippen LogP contribution < -0.4 is 4.90 Å². The number of likely N-dealkylation sites (tertiary alicyclic amines) is 1. The Hall–Kier alpha value is -1.62. The second-order valence-corrected chi connectivity index (χ2v) is 8.25. The van der Waals surface area contributed by atoms with Crippen molar-refractivity contribution in [3.05, 3.63) is 23.3 Å². The second-order valence-electron chi connectivity index (χ2n) is 7.24. The molecule has 2 aliphatic heterocycles. The minimum absolute atomic E-state index is 0.145. The Balaban J connectivity index is 1.55. The van der Waals surface area contributed by atoms with E-state index in [4.69, 9.17) is 4.98 Å². The number of anilines is 1. The zero-order valence-electron chi connectivity index (χ0n) is 14.5. The lowest BCUT2D eigenvalue weighted by Gasteiger charge is -2.33. The summed E-state index contributed by atoms with van der Waals surface area (Å²) in [4.78, 5) is 22.0. The number of benzene rings is 1. The van der Waals surface area contributed by atoms with Gasteiger partial charge in [-0.3, -0.25) is 4.79 Å². The molecule has 5 heteroatoms. The van der Waals surface area contributed by atoms with Crippen LogP contribution in [0.25, 0.3) is 10.2 Å². The van der Waals surface area contributed by atoms with E-state index in [1.165, 1.54) is 28.7 Å². The highest BCUT2D eigenvalue weighted by Gasteiger charge is 2.31. The first-order chi connectivity index (χ1) is 11.6. The van der Waals surface area contributed by atoms with Crippen LogP contribution >= 0.6 is 11.3 Å². The van der Waals surface area contributed by atoms with Gasteiger partial charge in [0.25, 0.3) is 0 Å². The Morgan fingerprint density at radius 2 is 1.96 bits per heavy atom. The van der Waals surface area contributed by atoms with Gasteiger partial charge in [0.15, 0.2) is 5.13 Å². The second kappa shape index (κ2) is 6.36. The fraction of sp³-hybridized carbons (Fsp3) is 0.579. The first kappa shape index (κ1) is 15.9. The molecule has 24 heavy (non-hydrogen) atoms. The monoisotopic (exact) mass is 343 g/mol. The van der Waals surface area contributed by atoms with Crippen molar-refractivity contribution in [1.29, 1.82) is 0 Å². The zero-order chi connectivity index (χ0) is 16.7. The van der Waals surface area contributed by atoms with Gasteiger partial charge in [-0.2, -0.15) is 0 Å². The van der Waals surface area contributed by atoms with Crippen molar-refractivity contribution in [1.82, 2.24) is 9.88 Å². The standard InChI is InChI=1S/C19H25N3OS/c1-13-10-14(2)17-16(11-13)24-19(20-17)22-9-5-6-15(12-22)18(23)21-7-3-4-8-21/h10-11,15H,3-9,12H2,1-2H3. The molecule has 0 radical (unpaired) electrons. The van der Waals surface area contributed by atoms with E-state index in [9.17, 15) is 4.79 Å². The van der Waals surface area contributed by atoms with Crippen molar-refractivity contribution >= 4 is 32.6 Å². The van der Waals surface area contributed by atoms with Crippen LogP contribution in [0.2, 0.25) is 0 Å². The molecule has 2 aromatic rings. The van der Waals surface area contributed by atoms with Crippen molar-refractivity contribution < 1.29 is 4.79 Å². The molecule has 1 atom stereocenters. The lowest BCUT2D eigenvalue weighted by Crippen LogP contribution is -2.44. The van der Waals surface area contributed by atoms with Gasteiger partial charge in [-0.25, -0.2) is 4.98 Å². The van der Waals surface area contributed by atoms with Crippen LogP contribution in [0.1, 0.15) is 36.8 Å². The van der Waals surface area contributed by atoms with Crippen molar-refractivity contribution in [2.45, 2.75) is 39.5 Å². The third-order valence-electron chi connectivity index (χ3n) is 5.28. The Bertz CT molecular complexity index is 763. The van der Waals surface area contributed by atoms with Gasteiger partial charge in [0, 0.05) is 26.2 Å². The highest BCUT2D eigenvalue weighted by atomic mass is 32.1. The van der Waals surface area contributed by atoms with Crippen molar-refractivity contribution in [2.24, 2.45) is 5.92 Å². The fourth-order valence-electron chi connectivity index (χ4n) is 4.04. The maximum Gasteiger partial charge on any atom is 0.227 e. The maximum absolute atomic E-state index is 12.7. The maximum atomic E-state index is 12.7. The summed E-state index contributed by atoms with van der Waals surface area (Å²) in [6.07, 6.45) is 4.43. The molecular weight excluding hydrogens is 318 g/mol. The topological polar surface area (TPSA) is 36.4 Å². The highest BCUT2D eigenvalue weighted by Crippen LogP contribution is 2.34. The van der Waals surface area contributed by atoms with E-state index in [1.54, 1.807) is 11.3 Å². The molecule has 0 saturated carbocycles. The number of nitrogens with zero attached hydrogens (tertiary/aromatic N) is 3. The first-order valence-corrected chi connectivity index (χ1v) is 9.85. The average Bonchev–Trinajstić information content (AvgIpc) is 3.23. The van der Waals surface area contributed by atoms with Gasteiger partial charge in [0.2, 0.25) is 5.91 Å². The molecular formula is C19H25N3OS. The molecule has 4 rings (SSSR count). The number of fused-ring (bicyclic) bond motifs is 1. The number of hydrogen-bond donors (Lipinski definition) is 0. The quantitative estimate of drug-likeness (QED) is 0.833. The number of amides is 1. The molecule has 0 N–H and O–H groups in total. The van der Waals surface area contributed by atoms with Gasteiger partial charge in [0.05, 0.1) is 16.1 Å². The smallest absolute Gasteiger partial charge is 0.227 e. The van der Waals surface area contributed by atoms with Gasteiger partial charge in [0.1, 0.15) is 0 Å². The third kappa shape index (κ3) is 2.90. The van der Waals surface area contributed by atoms with E-state index in [1.807, 2.05) is 0 Å². The lowest BCUT2D eigenvalue weighted by molar-refractivity contribution is -0.134. The highest BCUT2D eigenvalue weighted by molar-refractivity contribution is 7.22. The number of aryl methyl sites for hydroxylation is 2. The molecule has 0 spiro atoms. The molecule has 1 amide bonds. The van der Waals surface area contributed by atoms with E-state index in [2.05, 4.69) is 35.8 Å². The van der Waals surface area contributed by atoms with Gasteiger partial charge in [-0.15, -0.1) is 0 Å². The summed E-state index contributed by atoms with van der Waals surface area (Å²) < 4.78 is 1.26. The lowest BCUT2D eigenvalue weighted by atomic mass is 9.97. The van der Waals surface area contributed by atoms with Gasteiger partial charge in [-0.05, 0) is 56.7 Å². The minimum Gasteiger partial charge on any atom is -0.347 e. The van der Waals surface area contributed by atoms with Gasteiger partial charge >= 0.3 is 0 Å². The SMILES string of the molecule is Cc1cc(C)c2nc(N3CCCC(C(=O)N4CCCC4)C3)sc2c1. The molecule has 4 nitrogen and oxygen atoms in total. The molecule has 2 aliphatic rings. The number of piperidine rings is 1. The van der Waals surface area contributed by atoms with E-state index in [0.29, 0.717) is 5.91 Å². The van der Waals surface area contributed by atoms with Crippen LogP contribution in [-0.4, -0.2) is 42.0 Å². The predicted molar refractivity (Wildman–Crippen MR) is 99.8 cm³/mol. The van der Waals surface area contributed by atoms with E-state index >= 15 is 0 Å². The average molecular weight is 343 g/mol. The van der Waals surface area contributed by atoms with E-state index < -0.39 is 0 Å². The van der Waals surface area contributed by atoms with Crippen molar-refractivity contribution in [2.75, 3.05) is 31.1 Å². The Labute approximate surface area is 147 Å². The predicted octanol–water partition coefficient (Wildman–Crippen LogP) is 3.75. The van der Waals surface area contributed by atoms with Crippen molar-refractivity contribution in [3.63, 3.8) is 0 Å². The molecule has 0 aliphatic carbocycles. The normalized spacial score (nSPS) is 21.7.